The predicted molar refractivity (Wildman–Crippen MR) is 139 cm³/mol. The number of nitrogens with one attached hydrogen (secondary N) is 1. The van der Waals surface area contributed by atoms with Crippen LogP contribution in [-0.2, 0) is 0 Å². The maximum Gasteiger partial charge on any atom is 0.333 e. The monoisotopic (exact) mass is 476 g/mol. The van der Waals surface area contributed by atoms with Gasteiger partial charge in [0, 0.05) is 39.9 Å². The number of fused-ring (bicyclic) bond motifs is 2. The lowest BCUT2D eigenvalue weighted by Gasteiger charge is -2.13. The van der Waals surface area contributed by atoms with E-state index in [4.69, 9.17) is 11.6 Å². The van der Waals surface area contributed by atoms with Crippen LogP contribution in [0.4, 0.5) is 0 Å². The number of halogens is 1. The summed E-state index contributed by atoms with van der Waals surface area (Å²) in [5.41, 5.74) is 3.41. The first-order chi connectivity index (χ1) is 17.1. The van der Waals surface area contributed by atoms with Gasteiger partial charge in [0.25, 0.3) is 5.56 Å². The van der Waals surface area contributed by atoms with Crippen LogP contribution in [-0.4, -0.2) is 19.5 Å². The zero-order chi connectivity index (χ0) is 23.9. The van der Waals surface area contributed by atoms with Crippen molar-refractivity contribution in [3.8, 4) is 27.9 Å². The fourth-order valence-corrected chi connectivity index (χ4v) is 4.74. The minimum absolute atomic E-state index is 0.388. The van der Waals surface area contributed by atoms with Crippen LogP contribution < -0.4 is 11.2 Å². The van der Waals surface area contributed by atoms with Crippen molar-refractivity contribution < 1.29 is 0 Å². The number of benzene rings is 3. The van der Waals surface area contributed by atoms with E-state index in [9.17, 15) is 9.59 Å². The fraction of sp³-hybridized carbons (Fsp3) is 0. The van der Waals surface area contributed by atoms with Crippen LogP contribution in [0.5, 0.6) is 0 Å². The summed E-state index contributed by atoms with van der Waals surface area (Å²) in [6, 6.07) is 22.4. The molecule has 35 heavy (non-hydrogen) atoms. The molecule has 0 unspecified atom stereocenters. The Morgan fingerprint density at radius 1 is 0.771 bits per heavy atom. The highest BCUT2D eigenvalue weighted by Crippen LogP contribution is 2.38. The molecule has 0 aliphatic heterocycles. The third kappa shape index (κ3) is 3.52. The van der Waals surface area contributed by atoms with Gasteiger partial charge >= 0.3 is 5.69 Å². The van der Waals surface area contributed by atoms with Crippen LogP contribution in [0.2, 0.25) is 5.02 Å². The molecule has 0 saturated heterocycles. The SMILES string of the molecule is O=c1[nH]c2cc(-c3c(Cl)cccc3-c3ccncc3)ccc2c(=O)n1-c1cncc2ccccc12. The smallest absolute Gasteiger partial charge is 0.306 e. The summed E-state index contributed by atoms with van der Waals surface area (Å²) < 4.78 is 1.13. The van der Waals surface area contributed by atoms with Crippen molar-refractivity contribution >= 4 is 33.3 Å². The van der Waals surface area contributed by atoms with Crippen molar-refractivity contribution in [3.05, 3.63) is 123 Å². The predicted octanol–water partition coefficient (Wildman–Crippen LogP) is 5.61. The summed E-state index contributed by atoms with van der Waals surface area (Å²) in [7, 11) is 0. The summed E-state index contributed by atoms with van der Waals surface area (Å²) in [5, 5.41) is 2.56. The van der Waals surface area contributed by atoms with Crippen molar-refractivity contribution in [2.24, 2.45) is 0 Å². The Balaban J connectivity index is 1.57. The van der Waals surface area contributed by atoms with E-state index >= 15 is 0 Å². The minimum atomic E-state index is -0.536. The maximum atomic E-state index is 13.5. The van der Waals surface area contributed by atoms with Gasteiger partial charge in [-0.15, -0.1) is 0 Å². The van der Waals surface area contributed by atoms with Gasteiger partial charge in [0.2, 0.25) is 0 Å². The number of H-pyrrole nitrogens is 1. The summed E-state index contributed by atoms with van der Waals surface area (Å²) in [6.45, 7) is 0. The molecule has 6 nitrogen and oxygen atoms in total. The van der Waals surface area contributed by atoms with Gasteiger partial charge in [0.1, 0.15) is 0 Å². The van der Waals surface area contributed by atoms with E-state index < -0.39 is 11.2 Å². The van der Waals surface area contributed by atoms with Crippen molar-refractivity contribution in [1.82, 2.24) is 19.5 Å². The molecule has 0 spiro atoms. The molecule has 0 atom stereocenters. The average Bonchev–Trinajstić information content (AvgIpc) is 2.89. The molecular formula is C28H17ClN4O2. The van der Waals surface area contributed by atoms with Crippen molar-refractivity contribution in [2.75, 3.05) is 0 Å². The van der Waals surface area contributed by atoms with Crippen LogP contribution in [0, 0.1) is 0 Å². The number of nitrogens with zero attached hydrogens (tertiary/aromatic N) is 3. The van der Waals surface area contributed by atoms with Gasteiger partial charge in [-0.3, -0.25) is 14.8 Å². The molecule has 0 aliphatic rings. The van der Waals surface area contributed by atoms with E-state index in [-0.39, 0.29) is 0 Å². The maximum absolute atomic E-state index is 13.5. The lowest BCUT2D eigenvalue weighted by Crippen LogP contribution is -2.33. The van der Waals surface area contributed by atoms with E-state index in [0.29, 0.717) is 21.6 Å². The Kier molecular flexibility index (Phi) is 5.01. The first-order valence-corrected chi connectivity index (χ1v) is 11.3. The summed E-state index contributed by atoms with van der Waals surface area (Å²) in [6.07, 6.45) is 6.68. The van der Waals surface area contributed by atoms with Gasteiger partial charge in [0.15, 0.2) is 0 Å². The van der Waals surface area contributed by atoms with Gasteiger partial charge in [0.05, 0.1) is 22.8 Å². The van der Waals surface area contributed by atoms with Gasteiger partial charge in [-0.1, -0.05) is 54.1 Å². The number of hydrogen-bond donors (Lipinski definition) is 1. The highest BCUT2D eigenvalue weighted by atomic mass is 35.5. The normalized spacial score (nSPS) is 11.2. The lowest BCUT2D eigenvalue weighted by atomic mass is 9.94. The third-order valence-corrected chi connectivity index (χ3v) is 6.39. The molecule has 168 valence electrons. The first-order valence-electron chi connectivity index (χ1n) is 10.9. The Labute approximate surface area is 204 Å². The number of aromatic nitrogens is 4. The molecule has 0 fully saturated rings. The summed E-state index contributed by atoms with van der Waals surface area (Å²) >= 11 is 6.63. The second-order valence-corrected chi connectivity index (χ2v) is 8.52. The first kappa shape index (κ1) is 21.0. The minimum Gasteiger partial charge on any atom is -0.306 e. The second-order valence-electron chi connectivity index (χ2n) is 8.11. The van der Waals surface area contributed by atoms with E-state index in [1.807, 2.05) is 60.7 Å². The molecule has 6 rings (SSSR count). The Morgan fingerprint density at radius 3 is 2.46 bits per heavy atom. The number of rotatable bonds is 3. The Morgan fingerprint density at radius 2 is 1.60 bits per heavy atom. The zero-order valence-electron chi connectivity index (χ0n) is 18.3. The molecule has 0 radical (unpaired) electrons. The van der Waals surface area contributed by atoms with Crippen LogP contribution in [0.15, 0.2) is 107 Å². The van der Waals surface area contributed by atoms with Crippen molar-refractivity contribution in [2.45, 2.75) is 0 Å². The molecule has 7 heteroatoms. The molecule has 0 amide bonds. The topological polar surface area (TPSA) is 80.6 Å². The van der Waals surface area contributed by atoms with Gasteiger partial charge in [-0.05, 0) is 47.0 Å². The molecule has 3 aromatic carbocycles. The van der Waals surface area contributed by atoms with Crippen LogP contribution >= 0.6 is 11.6 Å². The standard InChI is InChI=1S/C28H17ClN4O2/c29-23-7-3-6-21(17-10-12-30-13-11-17)26(23)18-8-9-22-24(14-18)32-28(35)33(27(22)34)25-16-31-15-19-4-1-2-5-20(19)25/h1-16H,(H,32,35). The molecule has 3 aromatic heterocycles. The second kappa shape index (κ2) is 8.34. The molecule has 0 saturated carbocycles. The van der Waals surface area contributed by atoms with Gasteiger partial charge < -0.3 is 4.98 Å². The lowest BCUT2D eigenvalue weighted by molar-refractivity contribution is 0.902. The van der Waals surface area contributed by atoms with Crippen molar-refractivity contribution in [1.29, 1.82) is 0 Å². The van der Waals surface area contributed by atoms with Crippen molar-refractivity contribution in [3.63, 3.8) is 0 Å². The number of pyridine rings is 2. The number of aromatic amines is 1. The average molecular weight is 477 g/mol. The van der Waals surface area contributed by atoms with Gasteiger partial charge in [-0.2, -0.15) is 0 Å². The van der Waals surface area contributed by atoms with Crippen LogP contribution in [0.25, 0.3) is 49.6 Å². The molecule has 1 N–H and O–H groups in total. The van der Waals surface area contributed by atoms with E-state index in [0.717, 1.165) is 37.6 Å². The summed E-state index contributed by atoms with van der Waals surface area (Å²) in [5.74, 6) is 0. The van der Waals surface area contributed by atoms with Gasteiger partial charge in [-0.25, -0.2) is 9.36 Å². The zero-order valence-corrected chi connectivity index (χ0v) is 19.0. The fourth-order valence-electron chi connectivity index (χ4n) is 4.46. The van der Waals surface area contributed by atoms with Crippen LogP contribution in [0.3, 0.4) is 0 Å². The van der Waals surface area contributed by atoms with E-state index in [1.165, 1.54) is 6.20 Å². The quantitative estimate of drug-likeness (QED) is 0.360. The molecular weight excluding hydrogens is 460 g/mol. The van der Waals surface area contributed by atoms with Crippen LogP contribution in [0.1, 0.15) is 0 Å². The largest absolute Gasteiger partial charge is 0.333 e. The highest BCUT2D eigenvalue weighted by molar-refractivity contribution is 6.34. The number of hydrogen-bond acceptors (Lipinski definition) is 4. The molecule has 0 bridgehead atoms. The molecule has 0 aliphatic carbocycles. The summed E-state index contributed by atoms with van der Waals surface area (Å²) in [4.78, 5) is 37.8. The molecule has 6 aromatic rings. The molecule has 3 heterocycles. The van der Waals surface area contributed by atoms with E-state index in [1.54, 1.807) is 30.7 Å². The third-order valence-electron chi connectivity index (χ3n) is 6.08. The Bertz CT molecular complexity index is 1850. The van der Waals surface area contributed by atoms with E-state index in [2.05, 4.69) is 15.0 Å². The highest BCUT2D eigenvalue weighted by Gasteiger charge is 2.16. The Hall–Kier alpha value is -4.55.